The minimum Gasteiger partial charge on any atom is -0.346 e. The van der Waals surface area contributed by atoms with Crippen molar-refractivity contribution in [3.63, 3.8) is 0 Å². The number of fused-ring (bicyclic) bond motifs is 4. The molecular weight excluding hydrogens is 398 g/mol. The Kier molecular flexibility index (Phi) is 5.24. The maximum Gasteiger partial charge on any atom is 0.270 e. The lowest BCUT2D eigenvalue weighted by molar-refractivity contribution is 0.0216. The van der Waals surface area contributed by atoms with Crippen LogP contribution in [0.25, 0.3) is 10.1 Å². The van der Waals surface area contributed by atoms with Crippen LogP contribution in [0, 0.1) is 5.92 Å². The Morgan fingerprint density at radius 3 is 2.53 bits per heavy atom. The average Bonchev–Trinajstić information content (AvgIpc) is 3.20. The second kappa shape index (κ2) is 7.90. The molecule has 8 heteroatoms. The number of thiophene rings is 1. The van der Waals surface area contributed by atoms with Crippen LogP contribution >= 0.6 is 11.3 Å². The van der Waals surface area contributed by atoms with Crippen molar-refractivity contribution in [2.24, 2.45) is 5.92 Å². The fourth-order valence-corrected chi connectivity index (χ4v) is 6.14. The molecule has 4 fully saturated rings. The molecule has 6 heterocycles. The molecule has 4 saturated heterocycles. The predicted octanol–water partition coefficient (Wildman–Crippen LogP) is 1.90. The third-order valence-corrected chi connectivity index (χ3v) is 8.20. The fourth-order valence-electron chi connectivity index (χ4n) is 5.10. The Labute approximate surface area is 181 Å². The lowest BCUT2D eigenvalue weighted by Crippen LogP contribution is -2.62. The summed E-state index contributed by atoms with van der Waals surface area (Å²) in [7, 11) is 2.08. The fraction of sp³-hybridized carbons (Fsp3) is 0.591. The van der Waals surface area contributed by atoms with Crippen molar-refractivity contribution in [1.82, 2.24) is 25.0 Å². The summed E-state index contributed by atoms with van der Waals surface area (Å²) in [4.78, 5) is 37.6. The molecule has 1 N–H and O–H groups in total. The second-order valence-corrected chi connectivity index (χ2v) is 10.0. The van der Waals surface area contributed by atoms with E-state index >= 15 is 0 Å². The molecule has 0 aromatic carbocycles. The van der Waals surface area contributed by atoms with Gasteiger partial charge in [-0.1, -0.05) is 0 Å². The zero-order chi connectivity index (χ0) is 20.8. The van der Waals surface area contributed by atoms with Gasteiger partial charge in [0.1, 0.15) is 5.69 Å². The third-order valence-electron chi connectivity index (χ3n) is 7.11. The number of rotatable bonds is 3. The van der Waals surface area contributed by atoms with E-state index in [-0.39, 0.29) is 17.9 Å². The molecule has 2 amide bonds. The van der Waals surface area contributed by atoms with E-state index in [2.05, 4.69) is 34.1 Å². The molecule has 7 nitrogen and oxygen atoms in total. The van der Waals surface area contributed by atoms with Gasteiger partial charge in [0, 0.05) is 54.5 Å². The van der Waals surface area contributed by atoms with Crippen molar-refractivity contribution in [2.75, 3.05) is 46.3 Å². The number of pyridine rings is 1. The quantitative estimate of drug-likeness (QED) is 0.810. The van der Waals surface area contributed by atoms with Crippen LogP contribution in [0.15, 0.2) is 18.3 Å². The van der Waals surface area contributed by atoms with Crippen LogP contribution in [0.3, 0.4) is 0 Å². The summed E-state index contributed by atoms with van der Waals surface area (Å²) in [6.07, 6.45) is 4.04. The summed E-state index contributed by atoms with van der Waals surface area (Å²) in [6, 6.07) is 4.31. The number of aromatic nitrogens is 1. The number of carbonyl (C=O) groups is 2. The first-order valence-electron chi connectivity index (χ1n) is 10.9. The van der Waals surface area contributed by atoms with E-state index in [4.69, 9.17) is 0 Å². The number of piperidine rings is 3. The van der Waals surface area contributed by atoms with Crippen LogP contribution in [-0.2, 0) is 0 Å². The number of nitrogens with one attached hydrogen (secondary N) is 1. The molecular formula is C22H29N5O2S. The van der Waals surface area contributed by atoms with E-state index in [0.29, 0.717) is 17.7 Å². The largest absolute Gasteiger partial charge is 0.346 e. The van der Waals surface area contributed by atoms with Gasteiger partial charge in [-0.05, 0) is 58.0 Å². The van der Waals surface area contributed by atoms with E-state index in [1.807, 2.05) is 17.0 Å². The molecule has 6 rings (SSSR count). The van der Waals surface area contributed by atoms with Crippen LogP contribution < -0.4 is 5.32 Å². The van der Waals surface area contributed by atoms with E-state index < -0.39 is 0 Å². The molecule has 2 atom stereocenters. The Balaban J connectivity index is 1.31. The van der Waals surface area contributed by atoms with E-state index in [9.17, 15) is 9.59 Å². The summed E-state index contributed by atoms with van der Waals surface area (Å²) < 4.78 is 0.939. The van der Waals surface area contributed by atoms with Gasteiger partial charge >= 0.3 is 0 Å². The standard InChI is InChI=1S/C22H29N5O2S/c1-14-20(15-3-5-26(14)6-4-15)24-21(28)17-12-18-16(13-23-17)11-19(30-18)22(29)27-9-7-25(2)8-10-27/h11-15,20H,3-10H2,1-2H3,(H,24,28)/t14-,20-/m0/s1. The number of amides is 2. The topological polar surface area (TPSA) is 68.8 Å². The van der Waals surface area contributed by atoms with Gasteiger partial charge in [-0.3, -0.25) is 19.5 Å². The molecule has 2 aromatic heterocycles. The number of hydrogen-bond acceptors (Lipinski definition) is 6. The minimum atomic E-state index is -0.108. The van der Waals surface area contributed by atoms with Crippen molar-refractivity contribution >= 4 is 33.2 Å². The highest BCUT2D eigenvalue weighted by Gasteiger charge is 2.40. The van der Waals surface area contributed by atoms with E-state index in [1.165, 1.54) is 11.3 Å². The first kappa shape index (κ1) is 19.9. The van der Waals surface area contributed by atoms with Gasteiger partial charge in [0.15, 0.2) is 0 Å². The van der Waals surface area contributed by atoms with Gasteiger partial charge < -0.3 is 15.1 Å². The van der Waals surface area contributed by atoms with Crippen LogP contribution in [0.5, 0.6) is 0 Å². The number of hydrogen-bond donors (Lipinski definition) is 1. The Bertz CT molecular complexity index is 958. The summed E-state index contributed by atoms with van der Waals surface area (Å²) in [5.74, 6) is 0.534. The monoisotopic (exact) mass is 427 g/mol. The Morgan fingerprint density at radius 2 is 1.83 bits per heavy atom. The van der Waals surface area contributed by atoms with Gasteiger partial charge in [0.25, 0.3) is 11.8 Å². The van der Waals surface area contributed by atoms with Crippen LogP contribution in [0.2, 0.25) is 0 Å². The summed E-state index contributed by atoms with van der Waals surface area (Å²) in [6.45, 7) is 7.81. The SMILES string of the molecule is C[C@H]1[C@H](NC(=O)c2cc3sc(C(=O)N4CCN(C)CC4)cc3cn2)C2CCN1CC2. The predicted molar refractivity (Wildman–Crippen MR) is 118 cm³/mol. The number of carbonyl (C=O) groups excluding carboxylic acids is 2. The smallest absolute Gasteiger partial charge is 0.270 e. The highest BCUT2D eigenvalue weighted by atomic mass is 32.1. The molecule has 2 aromatic rings. The number of nitrogens with zero attached hydrogens (tertiary/aromatic N) is 4. The highest BCUT2D eigenvalue weighted by molar-refractivity contribution is 7.20. The van der Waals surface area contributed by atoms with E-state index in [0.717, 1.165) is 67.1 Å². The maximum absolute atomic E-state index is 12.9. The van der Waals surface area contributed by atoms with Gasteiger partial charge in [-0.25, -0.2) is 0 Å². The van der Waals surface area contributed by atoms with Gasteiger partial charge in [0.2, 0.25) is 0 Å². The number of piperazine rings is 1. The summed E-state index contributed by atoms with van der Waals surface area (Å²) in [5, 5.41) is 4.17. The Hall–Kier alpha value is -2.03. The molecule has 0 saturated carbocycles. The molecule has 160 valence electrons. The second-order valence-electron chi connectivity index (χ2n) is 8.93. The molecule has 0 spiro atoms. The third kappa shape index (κ3) is 3.61. The molecule has 2 bridgehead atoms. The zero-order valence-electron chi connectivity index (χ0n) is 17.6. The molecule has 0 aliphatic carbocycles. The van der Waals surface area contributed by atoms with Crippen LogP contribution in [0.1, 0.15) is 39.9 Å². The minimum absolute atomic E-state index is 0.0800. The molecule has 30 heavy (non-hydrogen) atoms. The molecule has 4 aliphatic heterocycles. The van der Waals surface area contributed by atoms with Crippen molar-refractivity contribution in [3.8, 4) is 0 Å². The van der Waals surface area contributed by atoms with Crippen molar-refractivity contribution in [3.05, 3.63) is 28.9 Å². The summed E-state index contributed by atoms with van der Waals surface area (Å²) in [5.41, 5.74) is 0.437. The van der Waals surface area contributed by atoms with Crippen molar-refractivity contribution in [2.45, 2.75) is 31.8 Å². The van der Waals surface area contributed by atoms with E-state index in [1.54, 1.807) is 6.20 Å². The zero-order valence-corrected chi connectivity index (χ0v) is 18.5. The Morgan fingerprint density at radius 1 is 1.10 bits per heavy atom. The van der Waals surface area contributed by atoms with Crippen LogP contribution in [0.4, 0.5) is 0 Å². The van der Waals surface area contributed by atoms with Crippen molar-refractivity contribution in [1.29, 1.82) is 0 Å². The number of likely N-dealkylation sites (N-methyl/N-ethyl adjacent to an activating group) is 1. The van der Waals surface area contributed by atoms with Gasteiger partial charge in [-0.15, -0.1) is 11.3 Å². The normalized spacial score (nSPS) is 29.3. The summed E-state index contributed by atoms with van der Waals surface area (Å²) >= 11 is 1.46. The molecule has 4 aliphatic rings. The van der Waals surface area contributed by atoms with Crippen molar-refractivity contribution < 1.29 is 9.59 Å². The van der Waals surface area contributed by atoms with Gasteiger partial charge in [-0.2, -0.15) is 0 Å². The average molecular weight is 428 g/mol. The lowest BCUT2D eigenvalue weighted by Gasteiger charge is -2.49. The maximum atomic E-state index is 12.9. The first-order chi connectivity index (χ1) is 14.5. The first-order valence-corrected chi connectivity index (χ1v) is 11.7. The highest BCUT2D eigenvalue weighted by Crippen LogP contribution is 2.32. The van der Waals surface area contributed by atoms with Gasteiger partial charge in [0.05, 0.1) is 4.88 Å². The lowest BCUT2D eigenvalue weighted by atomic mass is 9.79. The molecule has 0 radical (unpaired) electrons. The van der Waals surface area contributed by atoms with Crippen LogP contribution in [-0.4, -0.2) is 89.9 Å². The molecule has 0 unspecified atom stereocenters.